The summed E-state index contributed by atoms with van der Waals surface area (Å²) in [6.07, 6.45) is 1.24. The van der Waals surface area contributed by atoms with E-state index >= 15 is 0 Å². The van der Waals surface area contributed by atoms with Gasteiger partial charge in [0.2, 0.25) is 11.0 Å². The maximum atomic E-state index is 10.7. The van der Waals surface area contributed by atoms with Gasteiger partial charge in [0.25, 0.3) is 0 Å². The van der Waals surface area contributed by atoms with Crippen molar-refractivity contribution in [3.8, 4) is 22.9 Å². The number of fused-ring (bicyclic) bond motifs is 3. The molecule has 1 aliphatic rings. The molecule has 0 saturated heterocycles. The molecule has 9 heteroatoms. The van der Waals surface area contributed by atoms with Crippen LogP contribution in [0.2, 0.25) is 0 Å². The van der Waals surface area contributed by atoms with E-state index in [2.05, 4.69) is 27.1 Å². The quantitative estimate of drug-likeness (QED) is 0.434. The molecule has 0 amide bonds. The molecule has 3 aromatic rings. The van der Waals surface area contributed by atoms with Gasteiger partial charge in [-0.1, -0.05) is 36.0 Å². The van der Waals surface area contributed by atoms with Gasteiger partial charge in [-0.05, 0) is 30.3 Å². The Morgan fingerprint density at radius 3 is 2.80 bits per heavy atom. The van der Waals surface area contributed by atoms with Gasteiger partial charge in [-0.25, -0.2) is 4.79 Å². The second kappa shape index (κ2) is 8.83. The fourth-order valence-electron chi connectivity index (χ4n) is 2.88. The number of hydrogen-bond acceptors (Lipinski definition) is 8. The van der Waals surface area contributed by atoms with Crippen LogP contribution in [0.15, 0.2) is 66.3 Å². The van der Waals surface area contributed by atoms with Gasteiger partial charge >= 0.3 is 5.97 Å². The summed E-state index contributed by atoms with van der Waals surface area (Å²) in [5.41, 5.74) is 3.07. The molecule has 30 heavy (non-hydrogen) atoms. The van der Waals surface area contributed by atoms with Crippen LogP contribution in [-0.2, 0) is 4.79 Å². The van der Waals surface area contributed by atoms with Gasteiger partial charge in [0.15, 0.2) is 18.5 Å². The Labute approximate surface area is 177 Å². The first-order chi connectivity index (χ1) is 14.6. The lowest BCUT2D eigenvalue weighted by Crippen LogP contribution is -2.17. The molecule has 0 radical (unpaired) electrons. The van der Waals surface area contributed by atoms with Crippen molar-refractivity contribution in [2.45, 2.75) is 11.4 Å². The topological polar surface area (TPSA) is 106 Å². The van der Waals surface area contributed by atoms with Crippen LogP contribution in [0.25, 0.3) is 11.3 Å². The molecule has 152 valence electrons. The highest BCUT2D eigenvalue weighted by Gasteiger charge is 2.26. The zero-order chi connectivity index (χ0) is 20.9. The number of benzene rings is 2. The zero-order valence-corrected chi connectivity index (χ0v) is 16.6. The molecule has 0 fully saturated rings. The number of carboxylic acid groups (broad SMARTS) is 1. The first-order valence-electron chi connectivity index (χ1n) is 9.09. The third-order valence-corrected chi connectivity index (χ3v) is 5.04. The van der Waals surface area contributed by atoms with Gasteiger partial charge in [0, 0.05) is 22.6 Å². The van der Waals surface area contributed by atoms with Crippen LogP contribution in [0.5, 0.6) is 11.6 Å². The van der Waals surface area contributed by atoms with Gasteiger partial charge in [0.1, 0.15) is 5.75 Å². The maximum absolute atomic E-state index is 10.7. The van der Waals surface area contributed by atoms with Crippen LogP contribution >= 0.6 is 11.8 Å². The molecule has 0 bridgehead atoms. The van der Waals surface area contributed by atoms with E-state index in [0.717, 1.165) is 16.8 Å². The van der Waals surface area contributed by atoms with Crippen molar-refractivity contribution in [1.82, 2.24) is 15.2 Å². The fourth-order valence-corrected chi connectivity index (χ4v) is 3.39. The molecule has 0 aliphatic carbocycles. The Bertz CT molecular complexity index is 1070. The number of carbonyl (C=O) groups is 1. The molecule has 2 N–H and O–H groups in total. The minimum atomic E-state index is -1.03. The van der Waals surface area contributed by atoms with Crippen LogP contribution < -0.4 is 14.8 Å². The van der Waals surface area contributed by atoms with Gasteiger partial charge < -0.3 is 19.9 Å². The van der Waals surface area contributed by atoms with E-state index in [9.17, 15) is 4.79 Å². The summed E-state index contributed by atoms with van der Waals surface area (Å²) in [7, 11) is 0. The lowest BCUT2D eigenvalue weighted by molar-refractivity contribution is -0.139. The monoisotopic (exact) mass is 422 g/mol. The summed E-state index contributed by atoms with van der Waals surface area (Å²) in [6.45, 7) is 3.31. The maximum Gasteiger partial charge on any atom is 0.341 e. The minimum Gasteiger partial charge on any atom is -0.482 e. The van der Waals surface area contributed by atoms with Crippen LogP contribution in [-0.4, -0.2) is 38.6 Å². The van der Waals surface area contributed by atoms with Crippen LogP contribution in [0, 0.1) is 0 Å². The Kier molecular flexibility index (Phi) is 5.80. The zero-order valence-electron chi connectivity index (χ0n) is 15.8. The number of carboxylic acids is 1. The number of nitrogens with zero attached hydrogens (tertiary/aromatic N) is 3. The van der Waals surface area contributed by atoms with E-state index in [0.29, 0.717) is 28.2 Å². The highest BCUT2D eigenvalue weighted by Crippen LogP contribution is 2.39. The third kappa shape index (κ3) is 4.36. The lowest BCUT2D eigenvalue weighted by Gasteiger charge is -2.19. The van der Waals surface area contributed by atoms with E-state index in [-0.39, 0.29) is 0 Å². The smallest absolute Gasteiger partial charge is 0.341 e. The average molecular weight is 422 g/mol. The molecule has 0 saturated carbocycles. The summed E-state index contributed by atoms with van der Waals surface area (Å²) < 4.78 is 11.4. The average Bonchev–Trinajstić information content (AvgIpc) is 2.93. The first kappa shape index (κ1) is 19.7. The highest BCUT2D eigenvalue weighted by atomic mass is 32.2. The summed E-state index contributed by atoms with van der Waals surface area (Å²) >= 11 is 1.42. The standard InChI is InChI=1S/C21H18N4O4S/c1-2-11-30-21-23-20-18(24-25-21)15-5-3-4-6-16(15)22-19(29-20)13-7-9-14(10-8-13)28-12-17(26)27/h2-10,19,22H,1,11-12H2,(H,26,27)/t19-/m1/s1. The van der Waals surface area contributed by atoms with E-state index in [1.54, 1.807) is 18.2 Å². The summed E-state index contributed by atoms with van der Waals surface area (Å²) in [5.74, 6) is 0.475. The molecule has 4 rings (SSSR count). The van der Waals surface area contributed by atoms with Crippen molar-refractivity contribution in [2.24, 2.45) is 0 Å². The number of para-hydroxylation sites is 1. The Morgan fingerprint density at radius 2 is 2.03 bits per heavy atom. The van der Waals surface area contributed by atoms with Crippen molar-refractivity contribution in [1.29, 1.82) is 0 Å². The van der Waals surface area contributed by atoms with E-state index in [1.165, 1.54) is 11.8 Å². The molecular formula is C21H18N4O4S. The molecule has 1 atom stereocenters. The summed E-state index contributed by atoms with van der Waals surface area (Å²) in [5, 5.41) is 21.2. The van der Waals surface area contributed by atoms with Crippen LogP contribution in [0.3, 0.4) is 0 Å². The molecule has 2 aromatic carbocycles. The Balaban J connectivity index is 1.66. The number of rotatable bonds is 7. The number of ether oxygens (including phenoxy) is 2. The van der Waals surface area contributed by atoms with Gasteiger partial charge in [-0.3, -0.25) is 0 Å². The van der Waals surface area contributed by atoms with Crippen LogP contribution in [0.4, 0.5) is 5.69 Å². The second-order valence-corrected chi connectivity index (χ2v) is 7.27. The van der Waals surface area contributed by atoms with E-state index in [4.69, 9.17) is 14.6 Å². The number of aliphatic carboxylic acids is 1. The third-order valence-electron chi connectivity index (χ3n) is 4.21. The first-order valence-corrected chi connectivity index (χ1v) is 10.1. The van der Waals surface area contributed by atoms with Crippen molar-refractivity contribution >= 4 is 23.4 Å². The number of nitrogens with one attached hydrogen (secondary N) is 1. The molecule has 1 aliphatic heterocycles. The fraction of sp³-hybridized carbons (Fsp3) is 0.143. The summed E-state index contributed by atoms with van der Waals surface area (Å²) in [6, 6.07) is 14.7. The van der Waals surface area contributed by atoms with E-state index < -0.39 is 18.8 Å². The van der Waals surface area contributed by atoms with Crippen molar-refractivity contribution in [2.75, 3.05) is 17.7 Å². The highest BCUT2D eigenvalue weighted by molar-refractivity contribution is 7.99. The predicted octanol–water partition coefficient (Wildman–Crippen LogP) is 3.78. The normalized spacial score (nSPS) is 14.3. The van der Waals surface area contributed by atoms with Crippen molar-refractivity contribution in [3.05, 3.63) is 66.7 Å². The SMILES string of the molecule is C=CCSc1nnc2c(n1)O[C@H](c1ccc(OCC(=O)O)cc1)Nc1ccccc1-2. The van der Waals surface area contributed by atoms with Gasteiger partial charge in [-0.15, -0.1) is 16.8 Å². The molecule has 0 unspecified atom stereocenters. The number of thioether (sulfide) groups is 1. The van der Waals surface area contributed by atoms with Crippen molar-refractivity contribution in [3.63, 3.8) is 0 Å². The second-order valence-electron chi connectivity index (χ2n) is 6.29. The Morgan fingerprint density at radius 1 is 1.23 bits per heavy atom. The van der Waals surface area contributed by atoms with E-state index in [1.807, 2.05) is 36.4 Å². The minimum absolute atomic E-state index is 0.380. The molecule has 0 spiro atoms. The van der Waals surface area contributed by atoms with Gasteiger partial charge in [0.05, 0.1) is 0 Å². The molecule has 2 heterocycles. The molecule has 8 nitrogen and oxygen atoms in total. The number of anilines is 1. The lowest BCUT2D eigenvalue weighted by atomic mass is 10.1. The largest absolute Gasteiger partial charge is 0.482 e. The number of hydrogen-bond donors (Lipinski definition) is 2. The summed E-state index contributed by atoms with van der Waals surface area (Å²) in [4.78, 5) is 15.2. The van der Waals surface area contributed by atoms with Crippen molar-refractivity contribution < 1.29 is 19.4 Å². The molecular weight excluding hydrogens is 404 g/mol. The molecule has 1 aromatic heterocycles. The van der Waals surface area contributed by atoms with Crippen LogP contribution in [0.1, 0.15) is 11.8 Å². The van der Waals surface area contributed by atoms with Gasteiger partial charge in [-0.2, -0.15) is 4.98 Å². The number of aromatic nitrogens is 3. The predicted molar refractivity (Wildman–Crippen MR) is 113 cm³/mol. The Hall–Kier alpha value is -3.59.